The number of rotatable bonds is 1. The Morgan fingerprint density at radius 1 is 1.10 bits per heavy atom. The van der Waals surface area contributed by atoms with Gasteiger partial charge in [-0.15, -0.1) is 0 Å². The molecule has 4 nitrogen and oxygen atoms in total. The van der Waals surface area contributed by atoms with Gasteiger partial charge in [0.05, 0.1) is 6.42 Å². The van der Waals surface area contributed by atoms with Crippen LogP contribution in [0.3, 0.4) is 0 Å². The molecule has 1 unspecified atom stereocenters. The first-order chi connectivity index (χ1) is 9.54. The molecule has 3 rings (SSSR count). The molecule has 0 fully saturated rings. The topological polar surface area (TPSA) is 66.8 Å². The second-order valence-electron chi connectivity index (χ2n) is 5.00. The van der Waals surface area contributed by atoms with Gasteiger partial charge in [0, 0.05) is 17.5 Å². The van der Waals surface area contributed by atoms with Crippen molar-refractivity contribution >= 4 is 5.97 Å². The summed E-state index contributed by atoms with van der Waals surface area (Å²) >= 11 is 0. The van der Waals surface area contributed by atoms with E-state index < -0.39 is 0 Å². The number of phenolic OH excluding ortho intramolecular Hbond substituents is 2. The van der Waals surface area contributed by atoms with Crippen molar-refractivity contribution in [2.45, 2.75) is 19.3 Å². The van der Waals surface area contributed by atoms with Gasteiger partial charge in [-0.1, -0.05) is 12.1 Å². The van der Waals surface area contributed by atoms with E-state index in [-0.39, 0.29) is 29.8 Å². The third kappa shape index (κ3) is 2.09. The predicted molar refractivity (Wildman–Crippen MR) is 73.0 cm³/mol. The van der Waals surface area contributed by atoms with E-state index in [1.54, 1.807) is 30.3 Å². The first kappa shape index (κ1) is 12.5. The number of ether oxygens (including phenoxy) is 1. The summed E-state index contributed by atoms with van der Waals surface area (Å²) < 4.78 is 5.22. The monoisotopic (exact) mass is 270 g/mol. The van der Waals surface area contributed by atoms with Crippen molar-refractivity contribution in [3.63, 3.8) is 0 Å². The summed E-state index contributed by atoms with van der Waals surface area (Å²) in [4.78, 5) is 11.7. The van der Waals surface area contributed by atoms with Crippen LogP contribution in [0, 0.1) is 6.92 Å². The Morgan fingerprint density at radius 3 is 2.50 bits per heavy atom. The number of hydrogen-bond donors (Lipinski definition) is 2. The standard InChI is InChI=1S/C16H14O4/c1-9-6-12(18)7-14-16(9)13(8-15(19)20-14)10-2-4-11(17)5-3-10/h2-7,13,17-18H,8H2,1H3. The molecular weight excluding hydrogens is 256 g/mol. The van der Waals surface area contributed by atoms with Crippen molar-refractivity contribution in [2.75, 3.05) is 0 Å². The van der Waals surface area contributed by atoms with Crippen LogP contribution in [0.2, 0.25) is 0 Å². The fraction of sp³-hybridized carbons (Fsp3) is 0.188. The molecule has 102 valence electrons. The van der Waals surface area contributed by atoms with Crippen LogP contribution in [0.25, 0.3) is 0 Å². The fourth-order valence-corrected chi connectivity index (χ4v) is 2.70. The number of phenols is 2. The average Bonchev–Trinajstić information content (AvgIpc) is 2.37. The molecule has 0 amide bonds. The zero-order chi connectivity index (χ0) is 14.3. The molecule has 2 N–H and O–H groups in total. The van der Waals surface area contributed by atoms with Crippen molar-refractivity contribution in [1.82, 2.24) is 0 Å². The van der Waals surface area contributed by atoms with E-state index in [2.05, 4.69) is 0 Å². The van der Waals surface area contributed by atoms with Crippen LogP contribution < -0.4 is 4.74 Å². The molecular formula is C16H14O4. The summed E-state index contributed by atoms with van der Waals surface area (Å²) in [5, 5.41) is 19.0. The molecule has 0 saturated carbocycles. The Morgan fingerprint density at radius 2 is 1.80 bits per heavy atom. The van der Waals surface area contributed by atoms with Crippen LogP contribution >= 0.6 is 0 Å². The third-order valence-electron chi connectivity index (χ3n) is 3.57. The maximum absolute atomic E-state index is 11.7. The van der Waals surface area contributed by atoms with Crippen molar-refractivity contribution in [3.8, 4) is 17.2 Å². The van der Waals surface area contributed by atoms with Crippen molar-refractivity contribution in [2.24, 2.45) is 0 Å². The molecule has 4 heteroatoms. The van der Waals surface area contributed by atoms with Crippen molar-refractivity contribution in [1.29, 1.82) is 0 Å². The van der Waals surface area contributed by atoms with E-state index in [4.69, 9.17) is 4.74 Å². The summed E-state index contributed by atoms with van der Waals surface area (Å²) in [6.45, 7) is 1.88. The third-order valence-corrected chi connectivity index (χ3v) is 3.57. The summed E-state index contributed by atoms with van der Waals surface area (Å²) in [6, 6.07) is 9.93. The molecule has 1 heterocycles. The minimum Gasteiger partial charge on any atom is -0.508 e. The Hall–Kier alpha value is -2.49. The van der Waals surface area contributed by atoms with Gasteiger partial charge in [0.15, 0.2) is 0 Å². The molecule has 1 aliphatic rings. The molecule has 0 aromatic heterocycles. The van der Waals surface area contributed by atoms with E-state index in [1.807, 2.05) is 6.92 Å². The second kappa shape index (κ2) is 4.56. The SMILES string of the molecule is Cc1cc(O)cc2c1C(c1ccc(O)cc1)CC(=O)O2. The van der Waals surface area contributed by atoms with Gasteiger partial charge in [-0.05, 0) is 36.2 Å². The summed E-state index contributed by atoms with van der Waals surface area (Å²) in [5.74, 6) is 0.250. The number of aromatic hydroxyl groups is 2. The van der Waals surface area contributed by atoms with Crippen molar-refractivity contribution < 1.29 is 19.7 Å². The van der Waals surface area contributed by atoms with Crippen LogP contribution in [0.15, 0.2) is 36.4 Å². The van der Waals surface area contributed by atoms with Gasteiger partial charge < -0.3 is 14.9 Å². The van der Waals surface area contributed by atoms with E-state index in [1.165, 1.54) is 6.07 Å². The van der Waals surface area contributed by atoms with Crippen LogP contribution in [0.4, 0.5) is 0 Å². The molecule has 0 bridgehead atoms. The van der Waals surface area contributed by atoms with Crippen LogP contribution in [-0.4, -0.2) is 16.2 Å². The first-order valence-corrected chi connectivity index (χ1v) is 6.37. The first-order valence-electron chi connectivity index (χ1n) is 6.37. The maximum atomic E-state index is 11.7. The molecule has 2 aromatic rings. The normalized spacial score (nSPS) is 17.4. The number of aryl methyl sites for hydroxylation is 1. The zero-order valence-electron chi connectivity index (χ0n) is 11.0. The lowest BCUT2D eigenvalue weighted by Gasteiger charge is -2.26. The zero-order valence-corrected chi connectivity index (χ0v) is 11.0. The molecule has 0 spiro atoms. The minimum absolute atomic E-state index is 0.0837. The highest BCUT2D eigenvalue weighted by molar-refractivity contribution is 5.78. The Kier molecular flexibility index (Phi) is 2.86. The highest BCUT2D eigenvalue weighted by Gasteiger charge is 2.30. The molecule has 20 heavy (non-hydrogen) atoms. The molecule has 1 aliphatic heterocycles. The summed E-state index contributed by atoms with van der Waals surface area (Å²) in [6.07, 6.45) is 0.253. The Balaban J connectivity index is 2.14. The van der Waals surface area contributed by atoms with Crippen LogP contribution in [0.5, 0.6) is 17.2 Å². The minimum atomic E-state index is -0.319. The van der Waals surface area contributed by atoms with Gasteiger partial charge in [-0.2, -0.15) is 0 Å². The number of esters is 1. The molecule has 1 atom stereocenters. The lowest BCUT2D eigenvalue weighted by Crippen LogP contribution is -2.21. The van der Waals surface area contributed by atoms with Gasteiger partial charge in [0.25, 0.3) is 0 Å². The van der Waals surface area contributed by atoms with Gasteiger partial charge in [-0.25, -0.2) is 0 Å². The number of hydrogen-bond acceptors (Lipinski definition) is 4. The molecule has 2 aromatic carbocycles. The van der Waals surface area contributed by atoms with E-state index >= 15 is 0 Å². The number of fused-ring (bicyclic) bond motifs is 1. The van der Waals surface area contributed by atoms with E-state index in [0.29, 0.717) is 5.75 Å². The van der Waals surface area contributed by atoms with Gasteiger partial charge in [0.2, 0.25) is 0 Å². The van der Waals surface area contributed by atoms with Gasteiger partial charge in [0.1, 0.15) is 17.2 Å². The lowest BCUT2D eigenvalue weighted by atomic mass is 9.84. The van der Waals surface area contributed by atoms with Crippen LogP contribution in [0.1, 0.15) is 29.0 Å². The Labute approximate surface area is 116 Å². The number of carbonyl (C=O) groups excluding carboxylic acids is 1. The van der Waals surface area contributed by atoms with Crippen LogP contribution in [-0.2, 0) is 4.79 Å². The van der Waals surface area contributed by atoms with Gasteiger partial charge in [-0.3, -0.25) is 4.79 Å². The predicted octanol–water partition coefficient (Wildman–Crippen LogP) is 2.85. The number of carbonyl (C=O) groups is 1. The highest BCUT2D eigenvalue weighted by Crippen LogP contribution is 2.42. The maximum Gasteiger partial charge on any atom is 0.312 e. The summed E-state index contributed by atoms with van der Waals surface area (Å²) in [5.41, 5.74) is 2.73. The van der Waals surface area contributed by atoms with Crippen molar-refractivity contribution in [3.05, 3.63) is 53.1 Å². The fourth-order valence-electron chi connectivity index (χ4n) is 2.70. The summed E-state index contributed by atoms with van der Waals surface area (Å²) in [7, 11) is 0. The second-order valence-corrected chi connectivity index (χ2v) is 5.00. The van der Waals surface area contributed by atoms with E-state index in [0.717, 1.165) is 16.7 Å². The molecule has 0 radical (unpaired) electrons. The smallest absolute Gasteiger partial charge is 0.312 e. The number of benzene rings is 2. The molecule has 0 saturated heterocycles. The highest BCUT2D eigenvalue weighted by atomic mass is 16.5. The lowest BCUT2D eigenvalue weighted by molar-refractivity contribution is -0.135. The van der Waals surface area contributed by atoms with E-state index in [9.17, 15) is 15.0 Å². The largest absolute Gasteiger partial charge is 0.508 e. The Bertz CT molecular complexity index is 674. The average molecular weight is 270 g/mol. The molecule has 0 aliphatic carbocycles. The quantitative estimate of drug-likeness (QED) is 0.617. The van der Waals surface area contributed by atoms with Gasteiger partial charge >= 0.3 is 5.97 Å².